The minimum atomic E-state index is -0.970. The van der Waals surface area contributed by atoms with E-state index in [1.807, 2.05) is 36.9 Å². The van der Waals surface area contributed by atoms with Crippen LogP contribution in [0.15, 0.2) is 36.4 Å². The molecular weight excluding hydrogens is 468 g/mol. The fourth-order valence-corrected chi connectivity index (χ4v) is 4.72. The Balaban J connectivity index is 1.18. The molecule has 1 aromatic heterocycles. The molecule has 0 saturated carbocycles. The van der Waals surface area contributed by atoms with E-state index in [4.69, 9.17) is 0 Å². The highest BCUT2D eigenvalue weighted by Crippen LogP contribution is 2.28. The third kappa shape index (κ3) is 4.70. The number of carbonyl (C=O) groups excluding carboxylic acids is 2. The van der Waals surface area contributed by atoms with Gasteiger partial charge in [-0.3, -0.25) is 14.5 Å². The van der Waals surface area contributed by atoms with Crippen LogP contribution in [0.25, 0.3) is 5.69 Å². The summed E-state index contributed by atoms with van der Waals surface area (Å²) in [6.45, 7) is 7.10. The molecule has 1 atom stereocenters. The smallest absolute Gasteiger partial charge is 0.228 e. The minimum absolute atomic E-state index is 0.000884. The summed E-state index contributed by atoms with van der Waals surface area (Å²) in [4.78, 5) is 31.5. The summed E-state index contributed by atoms with van der Waals surface area (Å²) in [5.74, 6) is -1.80. The Morgan fingerprint density at radius 3 is 2.44 bits per heavy atom. The predicted octanol–water partition coefficient (Wildman–Crippen LogP) is 2.25. The number of piperazine rings is 1. The second-order valence-corrected chi connectivity index (χ2v) is 9.38. The number of amides is 2. The Kier molecular flexibility index (Phi) is 6.48. The van der Waals surface area contributed by atoms with Crippen molar-refractivity contribution < 1.29 is 18.4 Å². The largest absolute Gasteiger partial charge is 0.340 e. The number of aromatic nitrogens is 4. The molecule has 2 aliphatic heterocycles. The number of benzene rings is 2. The molecule has 2 aliphatic rings. The fourth-order valence-electron chi connectivity index (χ4n) is 4.72. The maximum atomic E-state index is 13.7. The van der Waals surface area contributed by atoms with Crippen LogP contribution in [-0.4, -0.2) is 74.5 Å². The summed E-state index contributed by atoms with van der Waals surface area (Å²) >= 11 is 0. The molecule has 3 heterocycles. The minimum Gasteiger partial charge on any atom is -0.340 e. The Morgan fingerprint density at radius 1 is 0.972 bits per heavy atom. The van der Waals surface area contributed by atoms with Crippen LogP contribution in [0.3, 0.4) is 0 Å². The molecule has 2 aromatic carbocycles. The molecule has 0 aliphatic carbocycles. The maximum Gasteiger partial charge on any atom is 0.228 e. The molecule has 11 heteroatoms. The van der Waals surface area contributed by atoms with E-state index in [1.54, 1.807) is 4.90 Å². The van der Waals surface area contributed by atoms with E-state index in [0.717, 1.165) is 28.9 Å². The van der Waals surface area contributed by atoms with E-state index in [2.05, 4.69) is 20.4 Å². The molecule has 1 unspecified atom stereocenters. The number of hydrogen-bond acceptors (Lipinski definition) is 6. The predicted molar refractivity (Wildman–Crippen MR) is 127 cm³/mol. The monoisotopic (exact) mass is 495 g/mol. The van der Waals surface area contributed by atoms with Gasteiger partial charge in [-0.25, -0.2) is 8.78 Å². The zero-order chi connectivity index (χ0) is 25.4. The fraction of sp³-hybridized carbons (Fsp3) is 0.400. The van der Waals surface area contributed by atoms with Crippen molar-refractivity contribution in [1.29, 1.82) is 0 Å². The van der Waals surface area contributed by atoms with Gasteiger partial charge in [0, 0.05) is 50.9 Å². The standard InChI is InChI=1S/C25H27F2N7O2/c1-16-3-4-19(11-17(16)2)33-14-18(12-24(33)35)25(36)32-9-7-31(8-10-32)15-23-28-29-30-34(23)20-5-6-21(26)22(27)13-20/h3-6,11,13,18H,7-10,12,14-15H2,1-2H3. The third-order valence-corrected chi connectivity index (χ3v) is 7.01. The summed E-state index contributed by atoms with van der Waals surface area (Å²) in [5.41, 5.74) is 3.44. The van der Waals surface area contributed by atoms with Gasteiger partial charge < -0.3 is 9.80 Å². The van der Waals surface area contributed by atoms with Crippen LogP contribution in [0.2, 0.25) is 0 Å². The summed E-state index contributed by atoms with van der Waals surface area (Å²) in [6, 6.07) is 9.42. The van der Waals surface area contributed by atoms with Crippen LogP contribution in [0.1, 0.15) is 23.4 Å². The number of anilines is 1. The normalized spacial score (nSPS) is 18.8. The molecule has 3 aromatic rings. The molecule has 5 rings (SSSR count). The Bertz CT molecular complexity index is 1300. The molecule has 2 saturated heterocycles. The highest BCUT2D eigenvalue weighted by Gasteiger charge is 2.38. The summed E-state index contributed by atoms with van der Waals surface area (Å²) < 4.78 is 28.3. The highest BCUT2D eigenvalue weighted by atomic mass is 19.2. The maximum absolute atomic E-state index is 13.7. The first-order valence-corrected chi connectivity index (χ1v) is 11.9. The van der Waals surface area contributed by atoms with Crippen LogP contribution in [-0.2, 0) is 16.1 Å². The van der Waals surface area contributed by atoms with E-state index in [9.17, 15) is 18.4 Å². The molecule has 188 valence electrons. The van der Waals surface area contributed by atoms with Crippen molar-refractivity contribution in [2.24, 2.45) is 5.92 Å². The van der Waals surface area contributed by atoms with Crippen LogP contribution < -0.4 is 4.90 Å². The number of halogens is 2. The van der Waals surface area contributed by atoms with Crippen molar-refractivity contribution >= 4 is 17.5 Å². The van der Waals surface area contributed by atoms with Gasteiger partial charge in [-0.2, -0.15) is 4.68 Å². The van der Waals surface area contributed by atoms with Gasteiger partial charge in [-0.15, -0.1) is 5.10 Å². The summed E-state index contributed by atoms with van der Waals surface area (Å²) in [6.07, 6.45) is 0.217. The Hall–Kier alpha value is -3.73. The van der Waals surface area contributed by atoms with Crippen molar-refractivity contribution in [3.05, 3.63) is 65.0 Å². The van der Waals surface area contributed by atoms with E-state index < -0.39 is 11.6 Å². The van der Waals surface area contributed by atoms with Crippen molar-refractivity contribution in [2.45, 2.75) is 26.8 Å². The van der Waals surface area contributed by atoms with E-state index in [0.29, 0.717) is 50.8 Å². The lowest BCUT2D eigenvalue weighted by Gasteiger charge is -2.35. The first kappa shape index (κ1) is 24.0. The van der Waals surface area contributed by atoms with Gasteiger partial charge in [-0.1, -0.05) is 6.07 Å². The number of aryl methyl sites for hydroxylation is 2. The Morgan fingerprint density at radius 2 is 1.72 bits per heavy atom. The molecule has 0 N–H and O–H groups in total. The van der Waals surface area contributed by atoms with Crippen molar-refractivity contribution in [3.8, 4) is 5.69 Å². The summed E-state index contributed by atoms with van der Waals surface area (Å²) in [5, 5.41) is 11.6. The topological polar surface area (TPSA) is 87.5 Å². The van der Waals surface area contributed by atoms with E-state index >= 15 is 0 Å². The Labute approximate surface area is 207 Å². The van der Waals surface area contributed by atoms with Crippen LogP contribution >= 0.6 is 0 Å². The lowest BCUT2D eigenvalue weighted by molar-refractivity contribution is -0.137. The number of nitrogens with zero attached hydrogens (tertiary/aromatic N) is 7. The first-order chi connectivity index (χ1) is 17.3. The molecule has 2 fully saturated rings. The van der Waals surface area contributed by atoms with Crippen molar-refractivity contribution in [2.75, 3.05) is 37.6 Å². The molecule has 36 heavy (non-hydrogen) atoms. The van der Waals surface area contributed by atoms with Crippen LogP contribution in [0, 0.1) is 31.4 Å². The molecule has 0 radical (unpaired) electrons. The quantitative estimate of drug-likeness (QED) is 0.540. The van der Waals surface area contributed by atoms with Gasteiger partial charge in [0.1, 0.15) is 0 Å². The average Bonchev–Trinajstić information content (AvgIpc) is 3.49. The van der Waals surface area contributed by atoms with Crippen molar-refractivity contribution in [3.63, 3.8) is 0 Å². The SMILES string of the molecule is Cc1ccc(N2CC(C(=O)N3CCN(Cc4nnnn4-c4ccc(F)c(F)c4)CC3)CC2=O)cc1C. The third-order valence-electron chi connectivity index (χ3n) is 7.01. The lowest BCUT2D eigenvalue weighted by Crippen LogP contribution is -2.50. The van der Waals surface area contributed by atoms with E-state index in [-0.39, 0.29) is 24.2 Å². The number of hydrogen-bond donors (Lipinski definition) is 0. The average molecular weight is 496 g/mol. The van der Waals surface area contributed by atoms with Gasteiger partial charge in [-0.05, 0) is 59.7 Å². The van der Waals surface area contributed by atoms with Gasteiger partial charge in [0.2, 0.25) is 11.8 Å². The second-order valence-electron chi connectivity index (χ2n) is 9.38. The van der Waals surface area contributed by atoms with Gasteiger partial charge >= 0.3 is 0 Å². The second kappa shape index (κ2) is 9.73. The zero-order valence-electron chi connectivity index (χ0n) is 20.2. The zero-order valence-corrected chi connectivity index (χ0v) is 20.2. The molecule has 2 amide bonds. The van der Waals surface area contributed by atoms with Crippen LogP contribution in [0.5, 0.6) is 0 Å². The lowest BCUT2D eigenvalue weighted by atomic mass is 10.1. The molecular formula is C25H27F2N7O2. The van der Waals surface area contributed by atoms with Gasteiger partial charge in [0.05, 0.1) is 18.2 Å². The van der Waals surface area contributed by atoms with Gasteiger partial charge in [0.25, 0.3) is 0 Å². The summed E-state index contributed by atoms with van der Waals surface area (Å²) in [7, 11) is 0. The first-order valence-electron chi connectivity index (χ1n) is 11.9. The molecule has 9 nitrogen and oxygen atoms in total. The van der Waals surface area contributed by atoms with Crippen molar-refractivity contribution in [1.82, 2.24) is 30.0 Å². The number of carbonyl (C=O) groups is 2. The highest BCUT2D eigenvalue weighted by molar-refractivity contribution is 6.00. The number of rotatable bonds is 5. The molecule has 0 bridgehead atoms. The molecule has 0 spiro atoms. The van der Waals surface area contributed by atoms with Crippen LogP contribution in [0.4, 0.5) is 14.5 Å². The number of tetrazole rings is 1. The van der Waals surface area contributed by atoms with Gasteiger partial charge in [0.15, 0.2) is 17.5 Å². The van der Waals surface area contributed by atoms with E-state index in [1.165, 1.54) is 10.7 Å².